The van der Waals surface area contributed by atoms with Crippen molar-refractivity contribution in [3.8, 4) is 5.75 Å². The molecule has 0 amide bonds. The van der Waals surface area contributed by atoms with Crippen molar-refractivity contribution in [2.24, 2.45) is 9.98 Å². The molecule has 1 N–H and O–H groups in total. The fourth-order valence-corrected chi connectivity index (χ4v) is 1.82. The highest BCUT2D eigenvalue weighted by atomic mass is 16.3. The van der Waals surface area contributed by atoms with Crippen LogP contribution in [0, 0.1) is 0 Å². The summed E-state index contributed by atoms with van der Waals surface area (Å²) in [6, 6.07) is 14.9. The number of fused-ring (bicyclic) bond motifs is 1. The molecule has 1 aliphatic heterocycles. The lowest BCUT2D eigenvalue weighted by molar-refractivity contribution is 0.462. The van der Waals surface area contributed by atoms with Crippen LogP contribution in [0.25, 0.3) is 0 Å². The van der Waals surface area contributed by atoms with E-state index in [1.807, 2.05) is 36.4 Å². The molecule has 16 heavy (non-hydrogen) atoms. The van der Waals surface area contributed by atoms with E-state index in [-0.39, 0.29) is 11.9 Å². The average molecular weight is 210 g/mol. The second-order valence-electron chi connectivity index (χ2n) is 3.68. The first-order valence-electron chi connectivity index (χ1n) is 5.13. The van der Waals surface area contributed by atoms with Gasteiger partial charge in [0.2, 0.25) is 0 Å². The van der Waals surface area contributed by atoms with E-state index in [1.165, 1.54) is 0 Å². The maximum Gasteiger partial charge on any atom is 0.170 e. The van der Waals surface area contributed by atoms with Gasteiger partial charge in [0, 0.05) is 5.56 Å². The zero-order valence-electron chi connectivity index (χ0n) is 8.54. The van der Waals surface area contributed by atoms with Gasteiger partial charge < -0.3 is 5.11 Å². The lowest BCUT2D eigenvalue weighted by Crippen LogP contribution is -2.19. The van der Waals surface area contributed by atoms with Crippen LogP contribution < -0.4 is 10.7 Å². The van der Waals surface area contributed by atoms with Crippen molar-refractivity contribution in [1.82, 2.24) is 0 Å². The van der Waals surface area contributed by atoms with Gasteiger partial charge in [-0.15, -0.1) is 0 Å². The van der Waals surface area contributed by atoms with Crippen molar-refractivity contribution < 1.29 is 5.11 Å². The van der Waals surface area contributed by atoms with E-state index in [1.54, 1.807) is 12.1 Å². The molecule has 1 heterocycles. The molecule has 0 aliphatic carbocycles. The molecule has 78 valence electrons. The molecule has 0 saturated carbocycles. The molecule has 2 aromatic carbocycles. The van der Waals surface area contributed by atoms with Gasteiger partial charge in [-0.1, -0.05) is 30.3 Å². The van der Waals surface area contributed by atoms with E-state index in [0.29, 0.717) is 0 Å². The van der Waals surface area contributed by atoms with E-state index in [0.717, 1.165) is 16.3 Å². The van der Waals surface area contributed by atoms with Gasteiger partial charge in [-0.3, -0.25) is 9.98 Å². The van der Waals surface area contributed by atoms with Crippen molar-refractivity contribution >= 4 is 0 Å². The summed E-state index contributed by atoms with van der Waals surface area (Å²) in [4.78, 5) is 8.91. The predicted octanol–water partition coefficient (Wildman–Crippen LogP) is 1.34. The topological polar surface area (TPSA) is 45.0 Å². The molecule has 2 aromatic rings. The average Bonchev–Trinajstić information content (AvgIpc) is 2.73. The molecule has 0 radical (unpaired) electrons. The van der Waals surface area contributed by atoms with Crippen LogP contribution in [-0.2, 0) is 0 Å². The fraction of sp³-hybridized carbons (Fsp3) is 0.0769. The van der Waals surface area contributed by atoms with Crippen LogP contribution in [-0.4, -0.2) is 5.11 Å². The minimum Gasteiger partial charge on any atom is -0.508 e. The zero-order chi connectivity index (χ0) is 11.0. The lowest BCUT2D eigenvalue weighted by Gasteiger charge is -2.05. The van der Waals surface area contributed by atoms with E-state index >= 15 is 0 Å². The molecule has 0 fully saturated rings. The number of phenolic OH excluding ortho intramolecular Hbond substituents is 1. The third-order valence-corrected chi connectivity index (χ3v) is 2.62. The smallest absolute Gasteiger partial charge is 0.170 e. The molecule has 0 unspecified atom stereocenters. The van der Waals surface area contributed by atoms with E-state index in [9.17, 15) is 5.11 Å². The van der Waals surface area contributed by atoms with Crippen molar-refractivity contribution in [3.63, 3.8) is 0 Å². The third kappa shape index (κ3) is 1.37. The number of nitrogens with zero attached hydrogens (tertiary/aromatic N) is 2. The Bertz CT molecular complexity index is 614. The maximum atomic E-state index is 9.73. The summed E-state index contributed by atoms with van der Waals surface area (Å²) in [6.45, 7) is 0. The highest BCUT2D eigenvalue weighted by molar-refractivity contribution is 5.35. The van der Waals surface area contributed by atoms with Gasteiger partial charge in [-0.2, -0.15) is 0 Å². The Morgan fingerprint density at radius 2 is 1.38 bits per heavy atom. The Morgan fingerprint density at radius 3 is 2.00 bits per heavy atom. The first kappa shape index (κ1) is 9.09. The summed E-state index contributed by atoms with van der Waals surface area (Å²) in [7, 11) is 0. The standard InChI is InChI=1S/C13H10N2O/c16-12-8-4-1-5-9(12)13-14-10-6-2-3-7-11(10)15-13/h1-8,13,16H. The maximum absolute atomic E-state index is 9.73. The second kappa shape index (κ2) is 3.45. The SMILES string of the molecule is Oc1ccccc1C1N=c2ccccc2=N1. The number of rotatable bonds is 1. The Balaban J connectivity index is 2.14. The zero-order valence-corrected chi connectivity index (χ0v) is 8.54. The van der Waals surface area contributed by atoms with Crippen LogP contribution in [0.1, 0.15) is 11.7 Å². The summed E-state index contributed by atoms with van der Waals surface area (Å²) in [6.07, 6.45) is -0.307. The van der Waals surface area contributed by atoms with Gasteiger partial charge in [-0.25, -0.2) is 0 Å². The summed E-state index contributed by atoms with van der Waals surface area (Å²) in [5.41, 5.74) is 0.749. The van der Waals surface area contributed by atoms with E-state index in [4.69, 9.17) is 0 Å². The molecular formula is C13H10N2O. The normalized spacial score (nSPS) is 14.0. The number of hydrogen-bond acceptors (Lipinski definition) is 3. The van der Waals surface area contributed by atoms with Crippen LogP contribution in [0.4, 0.5) is 0 Å². The minimum atomic E-state index is -0.307. The van der Waals surface area contributed by atoms with Crippen molar-refractivity contribution in [2.75, 3.05) is 0 Å². The molecule has 0 atom stereocenters. The predicted molar refractivity (Wildman–Crippen MR) is 59.6 cm³/mol. The molecule has 1 aliphatic rings. The fourth-order valence-electron chi connectivity index (χ4n) is 1.82. The van der Waals surface area contributed by atoms with Crippen LogP contribution in [0.2, 0.25) is 0 Å². The Labute approximate surface area is 92.4 Å². The van der Waals surface area contributed by atoms with Crippen LogP contribution in [0.3, 0.4) is 0 Å². The van der Waals surface area contributed by atoms with Crippen LogP contribution in [0.5, 0.6) is 5.75 Å². The van der Waals surface area contributed by atoms with Gasteiger partial charge in [0.05, 0.1) is 10.7 Å². The first-order chi connectivity index (χ1) is 7.84. The van der Waals surface area contributed by atoms with E-state index < -0.39 is 0 Å². The Morgan fingerprint density at radius 1 is 0.812 bits per heavy atom. The minimum absolute atomic E-state index is 0.243. The summed E-state index contributed by atoms with van der Waals surface area (Å²) < 4.78 is 0. The summed E-state index contributed by atoms with van der Waals surface area (Å²) in [5, 5.41) is 11.5. The van der Waals surface area contributed by atoms with Gasteiger partial charge in [0.25, 0.3) is 0 Å². The van der Waals surface area contributed by atoms with Gasteiger partial charge in [-0.05, 0) is 18.2 Å². The van der Waals surface area contributed by atoms with Crippen LogP contribution in [0.15, 0.2) is 58.5 Å². The first-order valence-corrected chi connectivity index (χ1v) is 5.13. The van der Waals surface area contributed by atoms with E-state index in [2.05, 4.69) is 9.98 Å². The molecule has 3 rings (SSSR count). The molecule has 0 bridgehead atoms. The Hall–Kier alpha value is -2.16. The molecular weight excluding hydrogens is 200 g/mol. The highest BCUT2D eigenvalue weighted by Gasteiger charge is 2.15. The summed E-state index contributed by atoms with van der Waals surface area (Å²) >= 11 is 0. The van der Waals surface area contributed by atoms with Gasteiger partial charge >= 0.3 is 0 Å². The van der Waals surface area contributed by atoms with Crippen molar-refractivity contribution in [3.05, 3.63) is 64.8 Å². The van der Waals surface area contributed by atoms with Crippen molar-refractivity contribution in [1.29, 1.82) is 0 Å². The molecule has 3 nitrogen and oxygen atoms in total. The number of aromatic hydroxyl groups is 1. The number of phenols is 1. The molecule has 0 spiro atoms. The molecule has 3 heteroatoms. The number of hydrogen-bond donors (Lipinski definition) is 1. The third-order valence-electron chi connectivity index (χ3n) is 2.62. The quantitative estimate of drug-likeness (QED) is 0.758. The van der Waals surface area contributed by atoms with Gasteiger partial charge in [0.1, 0.15) is 5.75 Å². The monoisotopic (exact) mass is 210 g/mol. The van der Waals surface area contributed by atoms with Crippen LogP contribution >= 0.6 is 0 Å². The lowest BCUT2D eigenvalue weighted by atomic mass is 10.1. The number of para-hydroxylation sites is 3. The molecule has 0 aromatic heterocycles. The number of benzene rings is 2. The van der Waals surface area contributed by atoms with Gasteiger partial charge in [0.15, 0.2) is 6.17 Å². The summed E-state index contributed by atoms with van der Waals surface area (Å²) in [5.74, 6) is 0.243. The molecule has 0 saturated heterocycles. The van der Waals surface area contributed by atoms with Crippen molar-refractivity contribution in [2.45, 2.75) is 6.17 Å². The Kier molecular flexibility index (Phi) is 1.96. The largest absolute Gasteiger partial charge is 0.508 e. The highest BCUT2D eigenvalue weighted by Crippen LogP contribution is 2.27. The second-order valence-corrected chi connectivity index (χ2v) is 3.68.